The second-order valence-electron chi connectivity index (χ2n) is 7.74. The predicted octanol–water partition coefficient (Wildman–Crippen LogP) is 3.93. The Kier molecular flexibility index (Phi) is 4.76. The van der Waals surface area contributed by atoms with E-state index < -0.39 is 0 Å². The van der Waals surface area contributed by atoms with Gasteiger partial charge in [0.2, 0.25) is 5.91 Å². The zero-order valence-electron chi connectivity index (χ0n) is 16.3. The Hall–Kier alpha value is -3.15. The van der Waals surface area contributed by atoms with Gasteiger partial charge in [-0.15, -0.1) is 10.2 Å². The Morgan fingerprint density at radius 3 is 2.59 bits per heavy atom. The molecule has 5 rings (SSSR count). The van der Waals surface area contributed by atoms with E-state index in [2.05, 4.69) is 33.3 Å². The minimum absolute atomic E-state index is 0.0766. The second-order valence-corrected chi connectivity index (χ2v) is 7.74. The van der Waals surface area contributed by atoms with Crippen molar-refractivity contribution in [3.05, 3.63) is 60.4 Å². The highest BCUT2D eigenvalue weighted by Gasteiger charge is 2.31. The molecule has 1 fully saturated rings. The molecule has 0 radical (unpaired) electrons. The minimum Gasteiger partial charge on any atom is -0.463 e. The van der Waals surface area contributed by atoms with Crippen molar-refractivity contribution in [3.63, 3.8) is 0 Å². The third kappa shape index (κ3) is 3.50. The number of furan rings is 1. The lowest BCUT2D eigenvalue weighted by Crippen LogP contribution is -2.44. The molecule has 0 N–H and O–H groups in total. The van der Waals surface area contributed by atoms with Gasteiger partial charge >= 0.3 is 0 Å². The van der Waals surface area contributed by atoms with Gasteiger partial charge in [-0.3, -0.25) is 4.79 Å². The van der Waals surface area contributed by atoms with Crippen molar-refractivity contribution >= 4 is 17.4 Å². The van der Waals surface area contributed by atoms with Crippen LogP contribution in [0.25, 0.3) is 11.5 Å². The summed E-state index contributed by atoms with van der Waals surface area (Å²) in [6, 6.07) is 15.9. The van der Waals surface area contributed by atoms with E-state index in [1.165, 1.54) is 5.56 Å². The van der Waals surface area contributed by atoms with Crippen LogP contribution < -0.4 is 9.80 Å². The number of fused-ring (bicyclic) bond motifs is 1. The van der Waals surface area contributed by atoms with E-state index in [0.29, 0.717) is 0 Å². The van der Waals surface area contributed by atoms with E-state index >= 15 is 0 Å². The van der Waals surface area contributed by atoms with Gasteiger partial charge < -0.3 is 14.2 Å². The topological polar surface area (TPSA) is 62.5 Å². The summed E-state index contributed by atoms with van der Waals surface area (Å²) in [7, 11) is 0. The largest absolute Gasteiger partial charge is 0.463 e. The van der Waals surface area contributed by atoms with Crippen molar-refractivity contribution in [1.82, 2.24) is 10.2 Å². The summed E-state index contributed by atoms with van der Waals surface area (Å²) in [5.74, 6) is 1.92. The molecule has 0 spiro atoms. The Morgan fingerprint density at radius 1 is 0.966 bits per heavy atom. The number of rotatable bonds is 3. The number of hydrogen-bond acceptors (Lipinski definition) is 5. The van der Waals surface area contributed by atoms with Crippen molar-refractivity contribution in [1.29, 1.82) is 0 Å². The SMILES string of the molecule is O=C(C1CCN(c2ccc(-c3ccco3)nn2)CC1)N1CCCc2ccccc21. The average molecular weight is 388 g/mol. The van der Waals surface area contributed by atoms with E-state index in [9.17, 15) is 4.79 Å². The van der Waals surface area contributed by atoms with Crippen LogP contribution in [0.2, 0.25) is 0 Å². The molecule has 0 bridgehead atoms. The number of aryl methyl sites for hydroxylation is 1. The van der Waals surface area contributed by atoms with Gasteiger partial charge in [0.05, 0.1) is 6.26 Å². The lowest BCUT2D eigenvalue weighted by Gasteiger charge is -2.36. The zero-order valence-corrected chi connectivity index (χ0v) is 16.3. The summed E-state index contributed by atoms with van der Waals surface area (Å²) in [4.78, 5) is 17.4. The van der Waals surface area contributed by atoms with E-state index in [-0.39, 0.29) is 11.8 Å². The van der Waals surface area contributed by atoms with E-state index in [1.807, 2.05) is 35.2 Å². The summed E-state index contributed by atoms with van der Waals surface area (Å²) in [5.41, 5.74) is 3.12. The van der Waals surface area contributed by atoms with Crippen molar-refractivity contribution in [3.8, 4) is 11.5 Å². The number of amides is 1. The summed E-state index contributed by atoms with van der Waals surface area (Å²) < 4.78 is 5.37. The van der Waals surface area contributed by atoms with Gasteiger partial charge in [-0.2, -0.15) is 0 Å². The molecule has 0 atom stereocenters. The summed E-state index contributed by atoms with van der Waals surface area (Å²) >= 11 is 0. The molecule has 1 amide bonds. The van der Waals surface area contributed by atoms with Crippen LogP contribution in [0, 0.1) is 5.92 Å². The first-order chi connectivity index (χ1) is 14.3. The van der Waals surface area contributed by atoms with Gasteiger partial charge in [0.15, 0.2) is 11.6 Å². The standard InChI is InChI=1S/C23H24N4O2/c28-23(27-13-3-6-17-5-1-2-7-20(17)27)18-11-14-26(15-12-18)22-10-9-19(24-25-22)21-8-4-16-29-21/h1-2,4-5,7-10,16,18H,3,6,11-15H2. The molecule has 6 nitrogen and oxygen atoms in total. The maximum atomic E-state index is 13.2. The maximum absolute atomic E-state index is 13.2. The molecule has 6 heteroatoms. The minimum atomic E-state index is 0.0766. The predicted molar refractivity (Wildman–Crippen MR) is 112 cm³/mol. The Bertz CT molecular complexity index is 976. The first-order valence-corrected chi connectivity index (χ1v) is 10.3. The fraction of sp³-hybridized carbons (Fsp3) is 0.348. The zero-order chi connectivity index (χ0) is 19.6. The number of carbonyl (C=O) groups is 1. The molecular formula is C23H24N4O2. The molecule has 0 saturated carbocycles. The highest BCUT2D eigenvalue weighted by molar-refractivity contribution is 5.96. The van der Waals surface area contributed by atoms with Crippen molar-refractivity contribution in [2.45, 2.75) is 25.7 Å². The number of aromatic nitrogens is 2. The molecule has 2 aliphatic rings. The van der Waals surface area contributed by atoms with Crippen LogP contribution in [0.4, 0.5) is 11.5 Å². The third-order valence-corrected chi connectivity index (χ3v) is 5.97. The Balaban J connectivity index is 1.23. The lowest BCUT2D eigenvalue weighted by molar-refractivity contribution is -0.123. The van der Waals surface area contributed by atoms with E-state index in [4.69, 9.17) is 4.42 Å². The third-order valence-electron chi connectivity index (χ3n) is 5.97. The molecule has 29 heavy (non-hydrogen) atoms. The maximum Gasteiger partial charge on any atom is 0.230 e. The van der Waals surface area contributed by atoms with Crippen LogP contribution in [0.5, 0.6) is 0 Å². The van der Waals surface area contributed by atoms with Gasteiger partial charge in [0.25, 0.3) is 0 Å². The molecule has 0 unspecified atom stereocenters. The van der Waals surface area contributed by atoms with Crippen molar-refractivity contribution < 1.29 is 9.21 Å². The smallest absolute Gasteiger partial charge is 0.230 e. The molecular weight excluding hydrogens is 364 g/mol. The normalized spacial score (nSPS) is 17.2. The molecule has 3 aromatic rings. The van der Waals surface area contributed by atoms with Crippen LogP contribution in [-0.2, 0) is 11.2 Å². The van der Waals surface area contributed by atoms with Crippen LogP contribution in [0.3, 0.4) is 0 Å². The van der Waals surface area contributed by atoms with Gasteiger partial charge in [0, 0.05) is 31.2 Å². The quantitative estimate of drug-likeness (QED) is 0.680. The number of carbonyl (C=O) groups excluding carboxylic acids is 1. The van der Waals surface area contributed by atoms with E-state index in [0.717, 1.165) is 68.3 Å². The second kappa shape index (κ2) is 7.70. The van der Waals surface area contributed by atoms with Crippen LogP contribution in [-0.4, -0.2) is 35.7 Å². The summed E-state index contributed by atoms with van der Waals surface area (Å²) in [6.07, 6.45) is 5.43. The Morgan fingerprint density at radius 2 is 1.83 bits per heavy atom. The van der Waals surface area contributed by atoms with Crippen LogP contribution in [0.15, 0.2) is 59.2 Å². The first-order valence-electron chi connectivity index (χ1n) is 10.3. The summed E-state index contributed by atoms with van der Waals surface area (Å²) in [5, 5.41) is 8.66. The lowest BCUT2D eigenvalue weighted by atomic mass is 9.93. The van der Waals surface area contributed by atoms with Gasteiger partial charge in [0.1, 0.15) is 5.69 Å². The number of hydrogen-bond donors (Lipinski definition) is 0. The molecule has 0 aliphatic carbocycles. The molecule has 1 saturated heterocycles. The molecule has 2 aromatic heterocycles. The number of nitrogens with zero attached hydrogens (tertiary/aromatic N) is 4. The molecule has 2 aliphatic heterocycles. The molecule has 148 valence electrons. The van der Waals surface area contributed by atoms with Gasteiger partial charge in [-0.1, -0.05) is 18.2 Å². The highest BCUT2D eigenvalue weighted by atomic mass is 16.3. The first kappa shape index (κ1) is 17.9. The number of anilines is 2. The van der Waals surface area contributed by atoms with Crippen LogP contribution >= 0.6 is 0 Å². The fourth-order valence-electron chi connectivity index (χ4n) is 4.39. The fourth-order valence-corrected chi connectivity index (χ4v) is 4.39. The number of piperidine rings is 1. The molecule has 1 aromatic carbocycles. The van der Waals surface area contributed by atoms with Crippen LogP contribution in [0.1, 0.15) is 24.8 Å². The Labute approximate surface area is 170 Å². The number of benzene rings is 1. The monoisotopic (exact) mass is 388 g/mol. The van der Waals surface area contributed by atoms with E-state index in [1.54, 1.807) is 6.26 Å². The van der Waals surface area contributed by atoms with Gasteiger partial charge in [-0.05, 0) is 61.6 Å². The van der Waals surface area contributed by atoms with Gasteiger partial charge in [-0.25, -0.2) is 0 Å². The van der Waals surface area contributed by atoms with Crippen molar-refractivity contribution in [2.75, 3.05) is 29.4 Å². The molecule has 4 heterocycles. The summed E-state index contributed by atoms with van der Waals surface area (Å²) in [6.45, 7) is 2.47. The van der Waals surface area contributed by atoms with Crippen molar-refractivity contribution in [2.24, 2.45) is 5.92 Å². The average Bonchev–Trinajstić information content (AvgIpc) is 3.33. The number of para-hydroxylation sites is 1. The highest BCUT2D eigenvalue weighted by Crippen LogP contribution is 2.31.